The number of nitrogens with zero attached hydrogens (tertiary/aromatic N) is 1. The van der Waals surface area contributed by atoms with Crippen LogP contribution in [0.25, 0.3) is 0 Å². The third kappa shape index (κ3) is 6.79. The molecule has 1 N–H and O–H groups in total. The Balaban J connectivity index is 0. The Morgan fingerprint density at radius 1 is 1.18 bits per heavy atom. The van der Waals surface area contributed by atoms with Gasteiger partial charge in [0.2, 0.25) is 0 Å². The maximum absolute atomic E-state index is 10.5. The van der Waals surface area contributed by atoms with Crippen molar-refractivity contribution in [3.8, 4) is 0 Å². The molecule has 0 aliphatic rings. The van der Waals surface area contributed by atoms with Crippen LogP contribution in [-0.2, 0) is 53.9 Å². The summed E-state index contributed by atoms with van der Waals surface area (Å²) >= 11 is 0.863. The van der Waals surface area contributed by atoms with E-state index in [1.807, 2.05) is 0 Å². The topological polar surface area (TPSA) is 151 Å². The van der Waals surface area contributed by atoms with E-state index in [0.29, 0.717) is 0 Å². The van der Waals surface area contributed by atoms with Crippen molar-refractivity contribution in [2.75, 3.05) is 5.32 Å². The molecule has 0 aromatic carbocycles. The number of hydrogen-bond acceptors (Lipinski definition) is 9. The van der Waals surface area contributed by atoms with Gasteiger partial charge in [-0.3, -0.25) is 0 Å². The fraction of sp³-hybridized carbons (Fsp3) is 0.250. The Kier molecular flexibility index (Phi) is 9.32. The maximum Gasteiger partial charge on any atom is 1.00 e. The van der Waals surface area contributed by atoms with E-state index in [2.05, 4.69) is 4.98 Å². The van der Waals surface area contributed by atoms with Crippen LogP contribution in [0.2, 0.25) is 0 Å². The summed E-state index contributed by atoms with van der Waals surface area (Å²) in [7, 11) is -11.1. The van der Waals surface area contributed by atoms with Crippen LogP contribution in [-0.4, -0.2) is 10.5 Å². The zero-order chi connectivity index (χ0) is 11.7. The summed E-state index contributed by atoms with van der Waals surface area (Å²) < 4.78 is 21.0. The zero-order valence-electron chi connectivity index (χ0n) is 7.53. The monoisotopic (exact) mass is 484 g/mol. The standard InChI is InChI=1S/C4H8N2O6P2S.2Ag/c7-13(8,9)4(14(10,11)12)6-3-5-1-2-15-3;;/h1-2,4H,(H,5,6)(H2,7,8,9)(H2,10,11,12);;/q;2*+1/p-4. The Hall–Kier alpha value is 1.21. The second-order valence-electron chi connectivity index (χ2n) is 2.43. The molecule has 0 aliphatic heterocycles. The predicted molar refractivity (Wildman–Crippen MR) is 44.7 cm³/mol. The molecule has 0 atom stereocenters. The van der Waals surface area contributed by atoms with Crippen molar-refractivity contribution in [1.29, 1.82) is 0 Å². The summed E-state index contributed by atoms with van der Waals surface area (Å²) in [4.78, 5) is 45.6. The van der Waals surface area contributed by atoms with E-state index in [1.165, 1.54) is 11.6 Å². The van der Waals surface area contributed by atoms with Crippen molar-refractivity contribution in [1.82, 2.24) is 4.98 Å². The molecule has 0 amide bonds. The zero-order valence-corrected chi connectivity index (χ0v) is 13.1. The first kappa shape index (κ1) is 20.5. The van der Waals surface area contributed by atoms with Crippen molar-refractivity contribution in [2.45, 2.75) is 5.52 Å². The van der Waals surface area contributed by atoms with Crippen molar-refractivity contribution < 1.29 is 73.5 Å². The average molecular weight is 486 g/mol. The Morgan fingerprint density at radius 3 is 1.94 bits per heavy atom. The average Bonchev–Trinajstić information content (AvgIpc) is 2.46. The van der Waals surface area contributed by atoms with Gasteiger partial charge in [-0.1, -0.05) is 0 Å². The summed E-state index contributed by atoms with van der Waals surface area (Å²) in [6, 6.07) is 0. The van der Waals surface area contributed by atoms with Crippen molar-refractivity contribution in [3.63, 3.8) is 0 Å². The molecule has 0 radical (unpaired) electrons. The van der Waals surface area contributed by atoms with E-state index >= 15 is 0 Å². The molecule has 17 heavy (non-hydrogen) atoms. The van der Waals surface area contributed by atoms with Gasteiger partial charge >= 0.3 is 44.8 Å². The molecule has 0 bridgehead atoms. The fourth-order valence-corrected chi connectivity index (χ4v) is 3.42. The summed E-state index contributed by atoms with van der Waals surface area (Å²) in [5.41, 5.74) is -2.70. The van der Waals surface area contributed by atoms with Crippen LogP contribution < -0.4 is 24.9 Å². The van der Waals surface area contributed by atoms with Gasteiger partial charge in [0, 0.05) is 11.6 Å². The first-order valence-electron chi connectivity index (χ1n) is 3.41. The molecule has 106 valence electrons. The summed E-state index contributed by atoms with van der Waals surface area (Å²) in [6.45, 7) is 0. The number of anilines is 1. The summed E-state index contributed by atoms with van der Waals surface area (Å²) in [5, 5.41) is 3.06. The minimum atomic E-state index is -5.57. The fourth-order valence-electron chi connectivity index (χ4n) is 0.736. The third-order valence-electron chi connectivity index (χ3n) is 1.28. The molecule has 13 heteroatoms. The van der Waals surface area contributed by atoms with E-state index < -0.39 is 20.7 Å². The molecular weight excluding hydrogens is 482 g/mol. The van der Waals surface area contributed by atoms with Crippen LogP contribution in [0.4, 0.5) is 5.13 Å². The van der Waals surface area contributed by atoms with Crippen molar-refractivity contribution in [3.05, 3.63) is 11.6 Å². The van der Waals surface area contributed by atoms with Gasteiger partial charge in [0.25, 0.3) is 0 Å². The van der Waals surface area contributed by atoms with Crippen LogP contribution in [0.15, 0.2) is 11.6 Å². The van der Waals surface area contributed by atoms with Gasteiger partial charge in [0.15, 0.2) is 5.13 Å². The van der Waals surface area contributed by atoms with Gasteiger partial charge in [-0.05, 0) is 15.2 Å². The van der Waals surface area contributed by atoms with Crippen LogP contribution in [0.1, 0.15) is 0 Å². The van der Waals surface area contributed by atoms with E-state index in [1.54, 1.807) is 5.32 Å². The molecule has 1 heterocycles. The number of nitrogens with one attached hydrogen (secondary N) is 1. The Morgan fingerprint density at radius 2 is 1.65 bits per heavy atom. The van der Waals surface area contributed by atoms with Gasteiger partial charge in [0.1, 0.15) is 0 Å². The summed E-state index contributed by atoms with van der Waals surface area (Å²) in [5.74, 6) is 0. The molecule has 0 spiro atoms. The number of rotatable bonds is 4. The van der Waals surface area contributed by atoms with E-state index in [0.717, 1.165) is 11.3 Å². The summed E-state index contributed by atoms with van der Waals surface area (Å²) in [6.07, 6.45) is 1.26. The van der Waals surface area contributed by atoms with Gasteiger partial charge in [-0.15, -0.1) is 11.3 Å². The molecule has 1 aromatic rings. The second kappa shape index (κ2) is 7.72. The number of aromatic nitrogens is 1. The van der Waals surface area contributed by atoms with Crippen LogP contribution in [0.3, 0.4) is 0 Å². The van der Waals surface area contributed by atoms with Crippen LogP contribution in [0.5, 0.6) is 0 Å². The SMILES string of the molecule is O=P([O-])([O-])C(Nc1nccs1)P(=O)([O-])[O-].[Ag+].[Ag+]. The van der Waals surface area contributed by atoms with E-state index in [4.69, 9.17) is 0 Å². The van der Waals surface area contributed by atoms with Crippen molar-refractivity contribution in [2.24, 2.45) is 0 Å². The number of hydrogen-bond donors (Lipinski definition) is 1. The molecule has 0 saturated carbocycles. The van der Waals surface area contributed by atoms with Gasteiger partial charge in [0.05, 0.1) is 5.52 Å². The quantitative estimate of drug-likeness (QED) is 0.368. The second-order valence-corrected chi connectivity index (χ2v) is 6.93. The normalized spacial score (nSPS) is 11.6. The van der Waals surface area contributed by atoms with Gasteiger partial charge in [-0.2, -0.15) is 0 Å². The predicted octanol–water partition coefficient (Wildman–Crippen LogP) is -2.34. The van der Waals surface area contributed by atoms with Crippen LogP contribution >= 0.6 is 26.5 Å². The molecule has 0 unspecified atom stereocenters. The van der Waals surface area contributed by atoms with E-state index in [9.17, 15) is 28.7 Å². The smallest absolute Gasteiger partial charge is 0.809 e. The largest absolute Gasteiger partial charge is 1.00 e. The minimum Gasteiger partial charge on any atom is -0.809 e. The minimum absolute atomic E-state index is 0. The Bertz CT molecular complexity index is 396. The van der Waals surface area contributed by atoms with Crippen molar-refractivity contribution >= 4 is 31.7 Å². The van der Waals surface area contributed by atoms with Crippen LogP contribution in [0, 0.1) is 0 Å². The molecule has 0 aliphatic carbocycles. The Labute approximate surface area is 132 Å². The molecular formula is C4H4Ag2N2O6P2S-2. The first-order chi connectivity index (χ1) is 6.71. The van der Waals surface area contributed by atoms with Gasteiger partial charge in [-0.25, -0.2) is 4.98 Å². The van der Waals surface area contributed by atoms with Gasteiger partial charge < -0.3 is 34.0 Å². The maximum atomic E-state index is 10.5. The number of thiazole rings is 1. The molecule has 1 rings (SSSR count). The molecule has 0 saturated heterocycles. The van der Waals surface area contributed by atoms with E-state index in [-0.39, 0.29) is 49.9 Å². The molecule has 0 fully saturated rings. The molecule has 8 nitrogen and oxygen atoms in total. The molecule has 1 aromatic heterocycles. The first-order valence-corrected chi connectivity index (χ1v) is 7.51. The third-order valence-corrected chi connectivity index (χ3v) is 5.14.